The van der Waals surface area contributed by atoms with Gasteiger partial charge in [0.15, 0.2) is 0 Å². The Morgan fingerprint density at radius 3 is 2.64 bits per heavy atom. The Kier molecular flexibility index (Phi) is 5.38. The Morgan fingerprint density at radius 1 is 1.03 bits per heavy atom. The lowest BCUT2D eigenvalue weighted by molar-refractivity contribution is 0.0694. The van der Waals surface area contributed by atoms with Crippen molar-refractivity contribution in [3.63, 3.8) is 0 Å². The van der Waals surface area contributed by atoms with Gasteiger partial charge >= 0.3 is 5.97 Å². The maximum atomic E-state index is 13.0. The van der Waals surface area contributed by atoms with Crippen LogP contribution in [0.3, 0.4) is 0 Å². The molecule has 168 valence electrons. The summed E-state index contributed by atoms with van der Waals surface area (Å²) in [6, 6.07) is 18.4. The van der Waals surface area contributed by atoms with Crippen molar-refractivity contribution >= 4 is 39.0 Å². The molecular weight excluding hydrogens is 460 g/mol. The van der Waals surface area contributed by atoms with Crippen LogP contribution < -0.4 is 10.0 Å². The molecule has 1 heterocycles. The molecule has 1 aliphatic carbocycles. The summed E-state index contributed by atoms with van der Waals surface area (Å²) in [6.07, 6.45) is 4.93. The van der Waals surface area contributed by atoms with Crippen molar-refractivity contribution in [2.75, 3.05) is 10.0 Å². The highest BCUT2D eigenvalue weighted by molar-refractivity contribution is 7.92. The minimum Gasteiger partial charge on any atom is -0.478 e. The van der Waals surface area contributed by atoms with E-state index in [0.717, 1.165) is 23.2 Å². The normalized spacial score (nSPS) is 21.1. The first-order chi connectivity index (χ1) is 15.8. The first kappa shape index (κ1) is 21.6. The van der Waals surface area contributed by atoms with E-state index in [2.05, 4.69) is 22.2 Å². The van der Waals surface area contributed by atoms with Crippen molar-refractivity contribution in [1.82, 2.24) is 0 Å². The van der Waals surface area contributed by atoms with Gasteiger partial charge in [0.1, 0.15) is 0 Å². The van der Waals surface area contributed by atoms with Crippen molar-refractivity contribution in [3.8, 4) is 0 Å². The topological polar surface area (TPSA) is 95.5 Å². The number of benzene rings is 3. The molecule has 33 heavy (non-hydrogen) atoms. The molecule has 0 amide bonds. The average Bonchev–Trinajstić information content (AvgIpc) is 3.28. The molecule has 0 unspecified atom stereocenters. The van der Waals surface area contributed by atoms with Gasteiger partial charge < -0.3 is 10.4 Å². The fourth-order valence-corrected chi connectivity index (χ4v) is 6.05. The van der Waals surface area contributed by atoms with Crippen LogP contribution >= 0.6 is 11.6 Å². The summed E-state index contributed by atoms with van der Waals surface area (Å²) in [5.41, 5.74) is 3.08. The molecule has 0 radical (unpaired) electrons. The number of halogens is 1. The molecule has 0 bridgehead atoms. The fourth-order valence-electron chi connectivity index (χ4n) is 4.78. The molecule has 0 fully saturated rings. The number of aromatic carboxylic acids is 1. The summed E-state index contributed by atoms with van der Waals surface area (Å²) in [6.45, 7) is 0. The van der Waals surface area contributed by atoms with Gasteiger partial charge in [0, 0.05) is 16.6 Å². The predicted octanol–water partition coefficient (Wildman–Crippen LogP) is 5.67. The quantitative estimate of drug-likeness (QED) is 0.409. The zero-order chi connectivity index (χ0) is 23.2. The Hall–Kier alpha value is -3.29. The van der Waals surface area contributed by atoms with Crippen molar-refractivity contribution in [2.45, 2.75) is 23.3 Å². The predicted molar refractivity (Wildman–Crippen MR) is 128 cm³/mol. The van der Waals surface area contributed by atoms with Crippen LogP contribution in [0, 0.1) is 5.92 Å². The number of sulfonamides is 1. The molecular formula is C25H21ClN2O4S. The molecule has 0 aromatic heterocycles. The molecule has 0 saturated carbocycles. The van der Waals surface area contributed by atoms with Gasteiger partial charge in [0.2, 0.25) is 0 Å². The van der Waals surface area contributed by atoms with Gasteiger partial charge in [-0.3, -0.25) is 4.72 Å². The van der Waals surface area contributed by atoms with Gasteiger partial charge in [0.05, 0.1) is 22.2 Å². The summed E-state index contributed by atoms with van der Waals surface area (Å²) in [4.78, 5) is 12.0. The maximum absolute atomic E-state index is 13.0. The number of rotatable bonds is 5. The number of carboxylic acids is 1. The first-order valence-corrected chi connectivity index (χ1v) is 12.4. The van der Waals surface area contributed by atoms with Gasteiger partial charge in [-0.2, -0.15) is 0 Å². The summed E-state index contributed by atoms with van der Waals surface area (Å²) < 4.78 is 28.7. The van der Waals surface area contributed by atoms with Crippen LogP contribution in [0.1, 0.15) is 39.9 Å². The SMILES string of the molecule is O=C(O)c1ccccc1[C@H]1Nc2ccc(S(=O)(=O)Nc3cccc(Cl)c3)cc2[C@H]2C=CC[C@H]21. The second-order valence-corrected chi connectivity index (χ2v) is 10.4. The van der Waals surface area contributed by atoms with E-state index in [-0.39, 0.29) is 28.3 Å². The van der Waals surface area contributed by atoms with E-state index in [1.54, 1.807) is 54.6 Å². The highest BCUT2D eigenvalue weighted by Gasteiger charge is 2.39. The number of nitrogens with one attached hydrogen (secondary N) is 2. The van der Waals surface area contributed by atoms with Crippen molar-refractivity contribution in [2.24, 2.45) is 5.92 Å². The zero-order valence-corrected chi connectivity index (χ0v) is 19.0. The molecule has 3 aromatic rings. The molecule has 0 spiro atoms. The van der Waals surface area contributed by atoms with Crippen molar-refractivity contribution in [1.29, 1.82) is 0 Å². The average molecular weight is 481 g/mol. The van der Waals surface area contributed by atoms with E-state index < -0.39 is 16.0 Å². The lowest BCUT2D eigenvalue weighted by Crippen LogP contribution is -2.30. The third-order valence-corrected chi connectivity index (χ3v) is 7.86. The minimum atomic E-state index is -3.81. The molecule has 0 saturated heterocycles. The number of carbonyl (C=O) groups is 1. The standard InChI is InChI=1S/C25H21ClN2O4S/c26-15-5-3-6-16(13-15)28-33(31,32)17-11-12-23-22(14-17)18-9-4-10-19(18)24(27-23)20-7-1-2-8-21(20)25(29)30/h1-9,11-14,18-19,24,27-28H,10H2,(H,29,30)/t18-,19+,24-/m0/s1. The number of hydrogen-bond donors (Lipinski definition) is 3. The molecule has 1 aliphatic heterocycles. The van der Waals surface area contributed by atoms with Gasteiger partial charge in [-0.25, -0.2) is 13.2 Å². The third-order valence-electron chi connectivity index (χ3n) is 6.25. The van der Waals surface area contributed by atoms with Crippen molar-refractivity contribution in [3.05, 3.63) is 101 Å². The van der Waals surface area contributed by atoms with E-state index in [9.17, 15) is 18.3 Å². The molecule has 8 heteroatoms. The fraction of sp³-hybridized carbons (Fsp3) is 0.160. The van der Waals surface area contributed by atoms with Crippen LogP contribution in [0.15, 0.2) is 83.8 Å². The van der Waals surface area contributed by atoms with E-state index >= 15 is 0 Å². The van der Waals surface area contributed by atoms with E-state index in [0.29, 0.717) is 10.7 Å². The number of hydrogen-bond acceptors (Lipinski definition) is 4. The van der Waals surface area contributed by atoms with Crippen LogP contribution in [0.5, 0.6) is 0 Å². The van der Waals surface area contributed by atoms with Gasteiger partial charge in [0.25, 0.3) is 10.0 Å². The van der Waals surface area contributed by atoms with Crippen LogP contribution in [-0.2, 0) is 10.0 Å². The lowest BCUT2D eigenvalue weighted by atomic mass is 9.76. The van der Waals surface area contributed by atoms with Crippen LogP contribution in [0.25, 0.3) is 0 Å². The first-order valence-electron chi connectivity index (χ1n) is 10.5. The highest BCUT2D eigenvalue weighted by atomic mass is 35.5. The Balaban J connectivity index is 1.51. The smallest absolute Gasteiger partial charge is 0.336 e. The molecule has 3 aromatic carbocycles. The highest BCUT2D eigenvalue weighted by Crippen LogP contribution is 2.50. The Morgan fingerprint density at radius 2 is 1.85 bits per heavy atom. The minimum absolute atomic E-state index is 0.0191. The summed E-state index contributed by atoms with van der Waals surface area (Å²) in [5.74, 6) is -0.902. The van der Waals surface area contributed by atoms with Gasteiger partial charge in [-0.15, -0.1) is 0 Å². The molecule has 5 rings (SSSR count). The molecule has 2 aliphatic rings. The third kappa shape index (κ3) is 3.98. The number of anilines is 2. The molecule has 3 atom stereocenters. The summed E-state index contributed by atoms with van der Waals surface area (Å²) in [7, 11) is -3.81. The van der Waals surface area contributed by atoms with E-state index in [1.807, 2.05) is 12.1 Å². The monoisotopic (exact) mass is 480 g/mol. The van der Waals surface area contributed by atoms with Crippen LogP contribution in [0.2, 0.25) is 5.02 Å². The van der Waals surface area contributed by atoms with Crippen LogP contribution in [0.4, 0.5) is 11.4 Å². The Labute approximate surface area is 197 Å². The summed E-state index contributed by atoms with van der Waals surface area (Å²) >= 11 is 5.98. The van der Waals surface area contributed by atoms with Crippen LogP contribution in [-0.4, -0.2) is 19.5 Å². The second-order valence-electron chi connectivity index (χ2n) is 8.23. The van der Waals surface area contributed by atoms with Crippen molar-refractivity contribution < 1.29 is 18.3 Å². The molecule has 6 nitrogen and oxygen atoms in total. The number of fused-ring (bicyclic) bond motifs is 3. The summed E-state index contributed by atoms with van der Waals surface area (Å²) in [5, 5.41) is 13.6. The lowest BCUT2D eigenvalue weighted by Gasteiger charge is -2.38. The number of allylic oxidation sites excluding steroid dienone is 2. The van der Waals surface area contributed by atoms with E-state index in [4.69, 9.17) is 11.6 Å². The molecule has 3 N–H and O–H groups in total. The largest absolute Gasteiger partial charge is 0.478 e. The van der Waals surface area contributed by atoms with E-state index in [1.165, 1.54) is 0 Å². The second kappa shape index (κ2) is 8.24. The van der Waals surface area contributed by atoms with Gasteiger partial charge in [-0.05, 0) is 65.9 Å². The zero-order valence-electron chi connectivity index (χ0n) is 17.4. The number of carboxylic acid groups (broad SMARTS) is 1. The maximum Gasteiger partial charge on any atom is 0.336 e. The Bertz CT molecular complexity index is 1390. The van der Waals surface area contributed by atoms with Gasteiger partial charge in [-0.1, -0.05) is 48.0 Å².